The van der Waals surface area contributed by atoms with Gasteiger partial charge in [-0.3, -0.25) is 10.1 Å². The summed E-state index contributed by atoms with van der Waals surface area (Å²) in [5.74, 6) is 0. The summed E-state index contributed by atoms with van der Waals surface area (Å²) in [4.78, 5) is 4.67. The molecule has 0 aliphatic rings. The van der Waals surface area contributed by atoms with Gasteiger partial charge in [0, 0.05) is 5.56 Å². The monoisotopic (exact) mass is 422 g/mol. The number of hydrazone groups is 1. The number of anilines is 2. The Morgan fingerprint density at radius 3 is 2.48 bits per heavy atom. The first-order valence-electron chi connectivity index (χ1n) is 8.84. The Labute approximate surface area is 173 Å². The predicted molar refractivity (Wildman–Crippen MR) is 119 cm³/mol. The second-order valence-electron chi connectivity index (χ2n) is 6.36. The first-order valence-corrected chi connectivity index (χ1v) is 11.1. The minimum atomic E-state index is -3.69. The highest BCUT2D eigenvalue weighted by Gasteiger charge is 2.15. The van der Waals surface area contributed by atoms with Crippen molar-refractivity contribution < 1.29 is 8.42 Å². The molecule has 8 heteroatoms. The minimum Gasteiger partial charge on any atom is -0.279 e. The maximum Gasteiger partial charge on any atom is 0.261 e. The van der Waals surface area contributed by atoms with Crippen LogP contribution >= 0.6 is 11.3 Å². The lowest BCUT2D eigenvalue weighted by Crippen LogP contribution is -2.14. The fourth-order valence-electron chi connectivity index (χ4n) is 2.70. The van der Waals surface area contributed by atoms with Gasteiger partial charge < -0.3 is 0 Å². The number of fused-ring (bicyclic) bond motifs is 1. The fourth-order valence-corrected chi connectivity index (χ4v) is 4.60. The number of hydrogen-bond donors (Lipinski definition) is 2. The van der Waals surface area contributed by atoms with Crippen molar-refractivity contribution in [1.82, 2.24) is 4.98 Å². The normalized spacial score (nSPS) is 11.8. The van der Waals surface area contributed by atoms with E-state index in [2.05, 4.69) is 20.2 Å². The maximum absolute atomic E-state index is 12.7. The van der Waals surface area contributed by atoms with Gasteiger partial charge in [-0.05, 0) is 37.3 Å². The van der Waals surface area contributed by atoms with Crippen LogP contribution in [-0.2, 0) is 10.0 Å². The molecule has 0 spiro atoms. The summed E-state index contributed by atoms with van der Waals surface area (Å²) in [6.45, 7) is 1.91. The number of benzene rings is 3. The number of nitrogens with one attached hydrogen (secondary N) is 2. The molecule has 0 aliphatic carbocycles. The molecule has 0 radical (unpaired) electrons. The van der Waals surface area contributed by atoms with Gasteiger partial charge in [0.2, 0.25) is 5.13 Å². The summed E-state index contributed by atoms with van der Waals surface area (Å²) >= 11 is 1.50. The standard InChI is InChI=1S/C21H18N4O2S2/c1-15-10-12-17(13-11-15)29(26,27)25-18-7-3-2-6-16(18)14-22-24-21-23-19-8-4-5-9-20(19)28-21/h2-14,25H,1H3,(H,23,24)/b22-14-. The molecular formula is C21H18N4O2S2. The van der Waals surface area contributed by atoms with E-state index in [1.54, 1.807) is 48.7 Å². The third-order valence-electron chi connectivity index (χ3n) is 4.19. The Morgan fingerprint density at radius 2 is 1.69 bits per heavy atom. The van der Waals surface area contributed by atoms with Crippen LogP contribution in [0.15, 0.2) is 82.8 Å². The first kappa shape index (κ1) is 19.1. The SMILES string of the molecule is Cc1ccc(S(=O)(=O)Nc2ccccc2/C=N\Nc2nc3ccccc3s2)cc1. The molecule has 0 fully saturated rings. The van der Waals surface area contributed by atoms with Crippen LogP contribution < -0.4 is 10.1 Å². The first-order chi connectivity index (χ1) is 14.0. The highest BCUT2D eigenvalue weighted by molar-refractivity contribution is 7.92. The van der Waals surface area contributed by atoms with Crippen molar-refractivity contribution in [3.8, 4) is 0 Å². The summed E-state index contributed by atoms with van der Waals surface area (Å²) in [6, 6.07) is 21.6. The summed E-state index contributed by atoms with van der Waals surface area (Å²) in [5, 5.41) is 4.89. The molecule has 0 aliphatic heterocycles. The highest BCUT2D eigenvalue weighted by Crippen LogP contribution is 2.25. The molecule has 0 saturated heterocycles. The van der Waals surface area contributed by atoms with E-state index in [0.717, 1.165) is 15.8 Å². The van der Waals surface area contributed by atoms with Gasteiger partial charge >= 0.3 is 0 Å². The van der Waals surface area contributed by atoms with E-state index in [4.69, 9.17) is 0 Å². The molecule has 4 aromatic rings. The number of aromatic nitrogens is 1. The molecule has 0 unspecified atom stereocenters. The number of hydrogen-bond acceptors (Lipinski definition) is 6. The zero-order valence-electron chi connectivity index (χ0n) is 15.5. The van der Waals surface area contributed by atoms with Crippen molar-refractivity contribution in [3.05, 3.63) is 83.9 Å². The molecule has 29 heavy (non-hydrogen) atoms. The highest BCUT2D eigenvalue weighted by atomic mass is 32.2. The van der Waals surface area contributed by atoms with Gasteiger partial charge in [-0.15, -0.1) is 0 Å². The smallest absolute Gasteiger partial charge is 0.261 e. The van der Waals surface area contributed by atoms with E-state index in [9.17, 15) is 8.42 Å². The second-order valence-corrected chi connectivity index (χ2v) is 9.08. The van der Waals surface area contributed by atoms with E-state index >= 15 is 0 Å². The van der Waals surface area contributed by atoms with Crippen molar-refractivity contribution in [2.75, 3.05) is 10.1 Å². The molecule has 1 heterocycles. The lowest BCUT2D eigenvalue weighted by atomic mass is 10.2. The van der Waals surface area contributed by atoms with Crippen molar-refractivity contribution in [2.45, 2.75) is 11.8 Å². The lowest BCUT2D eigenvalue weighted by molar-refractivity contribution is 0.601. The number of nitrogens with zero attached hydrogens (tertiary/aromatic N) is 2. The topological polar surface area (TPSA) is 83.5 Å². The van der Waals surface area contributed by atoms with Crippen LogP contribution in [0.2, 0.25) is 0 Å². The molecule has 4 rings (SSSR count). The van der Waals surface area contributed by atoms with Gasteiger partial charge in [0.25, 0.3) is 10.0 Å². The average molecular weight is 423 g/mol. The van der Waals surface area contributed by atoms with Crippen molar-refractivity contribution in [3.63, 3.8) is 0 Å². The average Bonchev–Trinajstić information content (AvgIpc) is 3.12. The van der Waals surface area contributed by atoms with E-state index < -0.39 is 10.0 Å². The molecule has 3 aromatic carbocycles. The third kappa shape index (κ3) is 4.44. The Kier molecular flexibility index (Phi) is 5.28. The predicted octanol–water partition coefficient (Wildman–Crippen LogP) is 4.85. The zero-order valence-corrected chi connectivity index (χ0v) is 17.2. The van der Waals surface area contributed by atoms with Crippen LogP contribution in [0, 0.1) is 6.92 Å². The van der Waals surface area contributed by atoms with E-state index in [0.29, 0.717) is 16.4 Å². The van der Waals surface area contributed by atoms with Gasteiger partial charge in [-0.2, -0.15) is 5.10 Å². The van der Waals surface area contributed by atoms with Crippen LogP contribution in [0.4, 0.5) is 10.8 Å². The fraction of sp³-hybridized carbons (Fsp3) is 0.0476. The summed E-state index contributed by atoms with van der Waals surface area (Å²) in [7, 11) is -3.69. The molecule has 0 saturated carbocycles. The van der Waals surface area contributed by atoms with Gasteiger partial charge in [0.05, 0.1) is 27.0 Å². The summed E-state index contributed by atoms with van der Waals surface area (Å²) in [5.41, 5.74) is 5.89. The van der Waals surface area contributed by atoms with E-state index in [1.807, 2.05) is 37.3 Å². The Bertz CT molecular complexity index is 1250. The third-order valence-corrected chi connectivity index (χ3v) is 6.52. The van der Waals surface area contributed by atoms with Crippen LogP contribution in [0.5, 0.6) is 0 Å². The zero-order chi connectivity index (χ0) is 20.3. The summed E-state index contributed by atoms with van der Waals surface area (Å²) in [6.07, 6.45) is 1.57. The van der Waals surface area contributed by atoms with Gasteiger partial charge in [-0.25, -0.2) is 13.4 Å². The molecule has 0 atom stereocenters. The maximum atomic E-state index is 12.7. The minimum absolute atomic E-state index is 0.211. The van der Waals surface area contributed by atoms with Crippen LogP contribution in [0.3, 0.4) is 0 Å². The van der Waals surface area contributed by atoms with Crippen LogP contribution in [0.25, 0.3) is 10.2 Å². The number of rotatable bonds is 6. The van der Waals surface area contributed by atoms with E-state index in [-0.39, 0.29) is 4.90 Å². The molecule has 1 aromatic heterocycles. The van der Waals surface area contributed by atoms with Crippen LogP contribution in [0.1, 0.15) is 11.1 Å². The van der Waals surface area contributed by atoms with Crippen molar-refractivity contribution in [1.29, 1.82) is 0 Å². The lowest BCUT2D eigenvalue weighted by Gasteiger charge is -2.10. The van der Waals surface area contributed by atoms with Crippen molar-refractivity contribution in [2.24, 2.45) is 5.10 Å². The molecule has 146 valence electrons. The molecule has 0 bridgehead atoms. The molecule has 0 amide bonds. The number of aryl methyl sites for hydroxylation is 1. The van der Waals surface area contributed by atoms with Gasteiger partial charge in [0.1, 0.15) is 0 Å². The quantitative estimate of drug-likeness (QED) is 0.344. The number of sulfonamides is 1. The van der Waals surface area contributed by atoms with Crippen LogP contribution in [-0.4, -0.2) is 19.6 Å². The second kappa shape index (κ2) is 8.02. The van der Waals surface area contributed by atoms with Gasteiger partial charge in [0.15, 0.2) is 0 Å². The van der Waals surface area contributed by atoms with Crippen molar-refractivity contribution >= 4 is 48.6 Å². The number of thiazole rings is 1. The molecular weight excluding hydrogens is 404 g/mol. The summed E-state index contributed by atoms with van der Waals surface area (Å²) < 4.78 is 29.1. The van der Waals surface area contributed by atoms with E-state index in [1.165, 1.54) is 11.3 Å². The largest absolute Gasteiger partial charge is 0.279 e. The Morgan fingerprint density at radius 1 is 0.966 bits per heavy atom. The Balaban J connectivity index is 1.53. The molecule has 2 N–H and O–H groups in total. The number of para-hydroxylation sites is 2. The van der Waals surface area contributed by atoms with Gasteiger partial charge in [-0.1, -0.05) is 59.4 Å². The Hall–Kier alpha value is -3.23. The molecule has 6 nitrogen and oxygen atoms in total.